The largest absolute Gasteiger partial charge is 0.467 e. The van der Waals surface area contributed by atoms with Gasteiger partial charge in [-0.1, -0.05) is 11.6 Å². The predicted molar refractivity (Wildman–Crippen MR) is 63.8 cm³/mol. The van der Waals surface area contributed by atoms with Crippen LogP contribution in [0.2, 0.25) is 5.02 Å². The monoisotopic (exact) mass is 250 g/mol. The molecule has 0 saturated heterocycles. The van der Waals surface area contributed by atoms with E-state index in [1.807, 2.05) is 6.07 Å². The third kappa shape index (κ3) is 2.65. The third-order valence-electron chi connectivity index (χ3n) is 2.32. The summed E-state index contributed by atoms with van der Waals surface area (Å²) in [5.41, 5.74) is 0.392. The van der Waals surface area contributed by atoms with Gasteiger partial charge in [0.25, 0.3) is 5.91 Å². The first-order chi connectivity index (χ1) is 8.18. The molecule has 17 heavy (non-hydrogen) atoms. The van der Waals surface area contributed by atoms with Crippen molar-refractivity contribution in [3.63, 3.8) is 0 Å². The van der Waals surface area contributed by atoms with Gasteiger partial charge in [0.15, 0.2) is 0 Å². The molecule has 0 N–H and O–H groups in total. The van der Waals surface area contributed by atoms with Crippen LogP contribution in [0.1, 0.15) is 16.1 Å². The van der Waals surface area contributed by atoms with Gasteiger partial charge in [0.05, 0.1) is 23.4 Å². The number of hydrogen-bond acceptors (Lipinski definition) is 3. The molecule has 88 valence electrons. The van der Waals surface area contributed by atoms with E-state index in [9.17, 15) is 4.79 Å². The summed E-state index contributed by atoms with van der Waals surface area (Å²) in [6.07, 6.45) is 4.58. The summed E-state index contributed by atoms with van der Waals surface area (Å²) in [6, 6.07) is 5.19. The van der Waals surface area contributed by atoms with E-state index in [1.54, 1.807) is 31.6 Å². The zero-order valence-corrected chi connectivity index (χ0v) is 10.0. The summed E-state index contributed by atoms with van der Waals surface area (Å²) in [6.45, 7) is 0.400. The quantitative estimate of drug-likeness (QED) is 0.841. The number of hydrogen-bond donors (Lipinski definition) is 0. The van der Waals surface area contributed by atoms with Gasteiger partial charge < -0.3 is 9.32 Å². The van der Waals surface area contributed by atoms with E-state index in [2.05, 4.69) is 4.98 Å². The lowest BCUT2D eigenvalue weighted by atomic mass is 10.2. The number of aromatic nitrogens is 1. The molecule has 4 nitrogen and oxygen atoms in total. The van der Waals surface area contributed by atoms with E-state index in [0.717, 1.165) is 5.76 Å². The smallest absolute Gasteiger partial charge is 0.257 e. The summed E-state index contributed by atoms with van der Waals surface area (Å²) in [5, 5.41) is 0.399. The molecule has 0 atom stereocenters. The fourth-order valence-corrected chi connectivity index (χ4v) is 1.63. The highest BCUT2D eigenvalue weighted by Crippen LogP contribution is 2.16. The predicted octanol–water partition coefficient (Wildman–Crippen LogP) is 2.60. The summed E-state index contributed by atoms with van der Waals surface area (Å²) in [4.78, 5) is 17.5. The van der Waals surface area contributed by atoms with Gasteiger partial charge in [-0.2, -0.15) is 0 Å². The second-order valence-electron chi connectivity index (χ2n) is 3.60. The Morgan fingerprint density at radius 3 is 3.00 bits per heavy atom. The van der Waals surface area contributed by atoms with Crippen molar-refractivity contribution in [2.45, 2.75) is 6.54 Å². The summed E-state index contributed by atoms with van der Waals surface area (Å²) >= 11 is 5.93. The van der Waals surface area contributed by atoms with E-state index >= 15 is 0 Å². The zero-order chi connectivity index (χ0) is 12.3. The molecule has 2 aromatic rings. The van der Waals surface area contributed by atoms with Crippen LogP contribution in [-0.4, -0.2) is 22.8 Å². The maximum absolute atomic E-state index is 12.1. The number of furan rings is 1. The van der Waals surface area contributed by atoms with Crippen molar-refractivity contribution in [2.75, 3.05) is 7.05 Å². The summed E-state index contributed by atoms with van der Waals surface area (Å²) in [7, 11) is 1.69. The highest BCUT2D eigenvalue weighted by atomic mass is 35.5. The maximum Gasteiger partial charge on any atom is 0.257 e. The van der Waals surface area contributed by atoms with Crippen molar-refractivity contribution in [1.29, 1.82) is 0 Å². The van der Waals surface area contributed by atoms with Crippen LogP contribution in [0.4, 0.5) is 0 Å². The fourth-order valence-electron chi connectivity index (χ4n) is 1.45. The minimum Gasteiger partial charge on any atom is -0.467 e. The van der Waals surface area contributed by atoms with E-state index in [-0.39, 0.29) is 5.91 Å². The SMILES string of the molecule is CN(Cc1ccco1)C(=O)c1cnccc1Cl. The van der Waals surface area contributed by atoms with Gasteiger partial charge in [-0.05, 0) is 18.2 Å². The Kier molecular flexibility index (Phi) is 3.44. The Labute approximate surface area is 104 Å². The van der Waals surface area contributed by atoms with Crippen LogP contribution in [-0.2, 0) is 6.54 Å². The van der Waals surface area contributed by atoms with E-state index in [4.69, 9.17) is 16.0 Å². The first-order valence-corrected chi connectivity index (χ1v) is 5.43. The van der Waals surface area contributed by atoms with Gasteiger partial charge >= 0.3 is 0 Å². The molecular weight excluding hydrogens is 240 g/mol. The second-order valence-corrected chi connectivity index (χ2v) is 4.00. The topological polar surface area (TPSA) is 46.3 Å². The minimum atomic E-state index is -0.181. The maximum atomic E-state index is 12.1. The van der Waals surface area contributed by atoms with Gasteiger partial charge in [0.2, 0.25) is 0 Å². The van der Waals surface area contributed by atoms with Crippen molar-refractivity contribution in [1.82, 2.24) is 9.88 Å². The van der Waals surface area contributed by atoms with E-state index < -0.39 is 0 Å². The van der Waals surface area contributed by atoms with Crippen LogP contribution in [0, 0.1) is 0 Å². The fraction of sp³-hybridized carbons (Fsp3) is 0.167. The lowest BCUT2D eigenvalue weighted by Gasteiger charge is -2.16. The van der Waals surface area contributed by atoms with Crippen LogP contribution in [0.3, 0.4) is 0 Å². The average molecular weight is 251 g/mol. The molecule has 0 radical (unpaired) electrons. The lowest BCUT2D eigenvalue weighted by molar-refractivity contribution is 0.0775. The number of pyridine rings is 1. The van der Waals surface area contributed by atoms with Crippen LogP contribution >= 0.6 is 11.6 Å². The van der Waals surface area contributed by atoms with Gasteiger partial charge in [-0.25, -0.2) is 0 Å². The van der Waals surface area contributed by atoms with Crippen molar-refractivity contribution in [2.24, 2.45) is 0 Å². The van der Waals surface area contributed by atoms with Crippen molar-refractivity contribution in [3.05, 3.63) is 53.2 Å². The van der Waals surface area contributed by atoms with Crippen LogP contribution in [0.5, 0.6) is 0 Å². The molecule has 2 aromatic heterocycles. The number of carbonyl (C=O) groups excluding carboxylic acids is 1. The second kappa shape index (κ2) is 5.01. The Balaban J connectivity index is 2.13. The molecule has 0 bridgehead atoms. The van der Waals surface area contributed by atoms with Crippen LogP contribution in [0.15, 0.2) is 41.3 Å². The first-order valence-electron chi connectivity index (χ1n) is 5.06. The van der Waals surface area contributed by atoms with Crippen LogP contribution < -0.4 is 0 Å². The minimum absolute atomic E-state index is 0.181. The van der Waals surface area contributed by atoms with E-state index in [1.165, 1.54) is 11.1 Å². The normalized spacial score (nSPS) is 10.2. The molecule has 0 unspecified atom stereocenters. The number of amides is 1. The number of halogens is 1. The Morgan fingerprint density at radius 2 is 2.35 bits per heavy atom. The van der Waals surface area contributed by atoms with Gasteiger partial charge in [0.1, 0.15) is 5.76 Å². The molecule has 0 aliphatic carbocycles. The van der Waals surface area contributed by atoms with Gasteiger partial charge in [-0.3, -0.25) is 9.78 Å². The molecule has 0 aliphatic rings. The van der Waals surface area contributed by atoms with Gasteiger partial charge in [-0.15, -0.1) is 0 Å². The molecule has 2 heterocycles. The molecule has 1 amide bonds. The highest BCUT2D eigenvalue weighted by molar-refractivity contribution is 6.33. The lowest BCUT2D eigenvalue weighted by Crippen LogP contribution is -2.26. The summed E-state index contributed by atoms with van der Waals surface area (Å²) < 4.78 is 5.18. The zero-order valence-electron chi connectivity index (χ0n) is 9.26. The molecule has 5 heteroatoms. The molecule has 0 spiro atoms. The van der Waals surface area contributed by atoms with Crippen LogP contribution in [0.25, 0.3) is 0 Å². The Morgan fingerprint density at radius 1 is 1.53 bits per heavy atom. The first kappa shape index (κ1) is 11.7. The molecule has 0 aliphatic heterocycles. The van der Waals surface area contributed by atoms with Crippen molar-refractivity contribution in [3.8, 4) is 0 Å². The average Bonchev–Trinajstić information content (AvgIpc) is 2.81. The van der Waals surface area contributed by atoms with Gasteiger partial charge in [0, 0.05) is 19.4 Å². The standard InChI is InChI=1S/C12H11ClN2O2/c1-15(8-9-3-2-6-17-9)12(16)10-7-14-5-4-11(10)13/h2-7H,8H2,1H3. The Bertz CT molecular complexity index is 511. The van der Waals surface area contributed by atoms with E-state index in [0.29, 0.717) is 17.1 Å². The molecule has 0 aromatic carbocycles. The molecule has 0 fully saturated rings. The number of carbonyl (C=O) groups is 1. The molecule has 2 rings (SSSR count). The van der Waals surface area contributed by atoms with Crippen molar-refractivity contribution < 1.29 is 9.21 Å². The Hall–Kier alpha value is -1.81. The highest BCUT2D eigenvalue weighted by Gasteiger charge is 2.16. The summed E-state index contributed by atoms with van der Waals surface area (Å²) in [5.74, 6) is 0.542. The molecular formula is C12H11ClN2O2. The number of nitrogens with zero attached hydrogens (tertiary/aromatic N) is 2. The third-order valence-corrected chi connectivity index (χ3v) is 2.65. The molecule has 0 saturated carbocycles. The van der Waals surface area contributed by atoms with Crippen molar-refractivity contribution >= 4 is 17.5 Å². The number of rotatable bonds is 3.